The van der Waals surface area contributed by atoms with E-state index in [0.29, 0.717) is 19.6 Å². The molecule has 0 aromatic heterocycles. The molecule has 2 aliphatic rings. The summed E-state index contributed by atoms with van der Waals surface area (Å²) in [5.41, 5.74) is 0. The van der Waals surface area contributed by atoms with Crippen LogP contribution in [0, 0.1) is 0 Å². The van der Waals surface area contributed by atoms with Gasteiger partial charge in [0, 0.05) is 56.2 Å². The van der Waals surface area contributed by atoms with E-state index in [4.69, 9.17) is 47.4 Å². The summed E-state index contributed by atoms with van der Waals surface area (Å²) in [5.74, 6) is -1.09. The minimum Gasteiger partial charge on any atom is -0.382 e. The van der Waals surface area contributed by atoms with E-state index in [0.717, 1.165) is 0 Å². The first kappa shape index (κ1) is 24.9. The van der Waals surface area contributed by atoms with Gasteiger partial charge in [-0.25, -0.2) is 0 Å². The van der Waals surface area contributed by atoms with Crippen molar-refractivity contribution in [2.75, 3.05) is 69.6 Å². The van der Waals surface area contributed by atoms with E-state index in [9.17, 15) is 0 Å². The lowest BCUT2D eigenvalue weighted by Gasteiger charge is -2.46. The maximum Gasteiger partial charge on any atom is 0.197 e. The smallest absolute Gasteiger partial charge is 0.197 e. The Morgan fingerprint density at radius 1 is 0.724 bits per heavy atom. The Bertz CT molecular complexity index is 466. The summed E-state index contributed by atoms with van der Waals surface area (Å²) in [5, 5.41) is 0. The molecule has 8 atom stereocenters. The van der Waals surface area contributed by atoms with Gasteiger partial charge in [0.15, 0.2) is 12.1 Å². The Morgan fingerprint density at radius 3 is 1.86 bits per heavy atom. The van der Waals surface area contributed by atoms with Crippen molar-refractivity contribution in [1.82, 2.24) is 0 Å². The Morgan fingerprint density at radius 2 is 1.34 bits per heavy atom. The van der Waals surface area contributed by atoms with Gasteiger partial charge in [-0.1, -0.05) is 0 Å². The second-order valence-corrected chi connectivity index (χ2v) is 7.15. The average molecular weight is 424 g/mol. The summed E-state index contributed by atoms with van der Waals surface area (Å²) >= 11 is 0. The van der Waals surface area contributed by atoms with Crippen LogP contribution in [0.2, 0.25) is 0 Å². The predicted octanol–water partition coefficient (Wildman–Crippen LogP) is 0.212. The fourth-order valence-corrected chi connectivity index (χ4v) is 4.09. The summed E-state index contributed by atoms with van der Waals surface area (Å²) in [7, 11) is 11.2. The minimum atomic E-state index is -1.09. The fourth-order valence-electron chi connectivity index (χ4n) is 4.09. The summed E-state index contributed by atoms with van der Waals surface area (Å²) in [6.07, 6.45) is -2.66. The molecule has 0 bridgehead atoms. The first-order valence-electron chi connectivity index (χ1n) is 9.62. The molecule has 10 heteroatoms. The maximum atomic E-state index is 6.37. The second kappa shape index (κ2) is 11.8. The highest BCUT2D eigenvalue weighted by molar-refractivity contribution is 4.95. The van der Waals surface area contributed by atoms with Crippen molar-refractivity contribution in [1.29, 1.82) is 0 Å². The molecule has 0 aromatic rings. The summed E-state index contributed by atoms with van der Waals surface area (Å²) < 4.78 is 57.3. The molecule has 29 heavy (non-hydrogen) atoms. The molecule has 0 aliphatic carbocycles. The predicted molar refractivity (Wildman–Crippen MR) is 101 cm³/mol. The van der Waals surface area contributed by atoms with Crippen LogP contribution >= 0.6 is 0 Å². The number of methoxy groups -OCH3 is 7. The van der Waals surface area contributed by atoms with Crippen molar-refractivity contribution in [3.05, 3.63) is 0 Å². The highest BCUT2D eigenvalue weighted by Gasteiger charge is 2.54. The first-order valence-corrected chi connectivity index (χ1v) is 9.62. The van der Waals surface area contributed by atoms with Crippen LogP contribution in [0.25, 0.3) is 0 Å². The summed E-state index contributed by atoms with van der Waals surface area (Å²) in [6, 6.07) is 0. The molecule has 172 valence electrons. The molecule has 0 saturated carbocycles. The Hall–Kier alpha value is -0.400. The van der Waals surface area contributed by atoms with Gasteiger partial charge in [0.2, 0.25) is 0 Å². The lowest BCUT2D eigenvalue weighted by atomic mass is 9.98. The Kier molecular flexibility index (Phi) is 10.2. The molecular formula is C19H36O10. The van der Waals surface area contributed by atoms with Gasteiger partial charge in [-0.05, 0) is 0 Å². The topological polar surface area (TPSA) is 92.3 Å². The lowest BCUT2D eigenvalue weighted by Crippen LogP contribution is -2.63. The van der Waals surface area contributed by atoms with Crippen LogP contribution in [-0.2, 0) is 47.4 Å². The highest BCUT2D eigenvalue weighted by atomic mass is 16.8. The van der Waals surface area contributed by atoms with Gasteiger partial charge in [-0.15, -0.1) is 0 Å². The second-order valence-electron chi connectivity index (χ2n) is 7.15. The van der Waals surface area contributed by atoms with Gasteiger partial charge >= 0.3 is 0 Å². The van der Waals surface area contributed by atoms with E-state index in [1.807, 2.05) is 0 Å². The van der Waals surface area contributed by atoms with Gasteiger partial charge in [0.05, 0.1) is 19.3 Å². The van der Waals surface area contributed by atoms with Gasteiger partial charge < -0.3 is 47.4 Å². The Labute approximate surface area is 172 Å². The fraction of sp³-hybridized carbons (Fsp3) is 1.00. The normalized spacial score (nSPS) is 40.4. The van der Waals surface area contributed by atoms with Gasteiger partial charge in [-0.3, -0.25) is 0 Å². The highest BCUT2D eigenvalue weighted by Crippen LogP contribution is 2.38. The van der Waals surface area contributed by atoms with Crippen molar-refractivity contribution < 1.29 is 47.4 Å². The van der Waals surface area contributed by atoms with E-state index in [2.05, 4.69) is 0 Å². The molecule has 2 rings (SSSR count). The van der Waals surface area contributed by atoms with Gasteiger partial charge in [-0.2, -0.15) is 0 Å². The zero-order valence-corrected chi connectivity index (χ0v) is 18.5. The number of ether oxygens (including phenoxy) is 10. The quantitative estimate of drug-likeness (QED) is 0.433. The monoisotopic (exact) mass is 424 g/mol. The molecule has 2 saturated heterocycles. The lowest BCUT2D eigenvalue weighted by molar-refractivity contribution is -0.378. The van der Waals surface area contributed by atoms with Crippen molar-refractivity contribution in [2.45, 2.75) is 55.1 Å². The summed E-state index contributed by atoms with van der Waals surface area (Å²) in [6.45, 7) is 0.856. The van der Waals surface area contributed by atoms with E-state index >= 15 is 0 Å². The van der Waals surface area contributed by atoms with E-state index in [1.54, 1.807) is 49.8 Å². The van der Waals surface area contributed by atoms with Crippen LogP contribution in [0.15, 0.2) is 0 Å². The van der Waals surface area contributed by atoms with Gasteiger partial charge in [0.25, 0.3) is 0 Å². The average Bonchev–Trinajstić information content (AvgIpc) is 3.05. The molecule has 2 heterocycles. The first-order chi connectivity index (χ1) is 14.0. The largest absolute Gasteiger partial charge is 0.382 e. The van der Waals surface area contributed by atoms with Crippen LogP contribution in [0.3, 0.4) is 0 Å². The zero-order valence-electron chi connectivity index (χ0n) is 18.5. The third-order valence-corrected chi connectivity index (χ3v) is 5.36. The summed E-state index contributed by atoms with van der Waals surface area (Å²) in [4.78, 5) is 0. The molecule has 0 N–H and O–H groups in total. The Balaban J connectivity index is 2.26. The number of hydrogen-bond donors (Lipinski definition) is 0. The van der Waals surface area contributed by atoms with E-state index in [-0.39, 0.29) is 24.9 Å². The van der Waals surface area contributed by atoms with Crippen molar-refractivity contribution in [3.8, 4) is 0 Å². The molecule has 2 aliphatic heterocycles. The van der Waals surface area contributed by atoms with E-state index < -0.39 is 30.4 Å². The third kappa shape index (κ3) is 5.65. The molecule has 0 spiro atoms. The minimum absolute atomic E-state index is 0.184. The van der Waals surface area contributed by atoms with Crippen LogP contribution in [-0.4, -0.2) is 118 Å². The molecule has 0 amide bonds. The van der Waals surface area contributed by atoms with E-state index in [1.165, 1.54) is 0 Å². The standard InChI is InChI=1S/C19H36O10/c1-20-9-13-12(23-4)8-19(28-13,11-22-3)29-18-17(26-7)16(25-6)15(24-5)14(27-18)10-21-2/h12-18H,8-11H2,1-7H3/t12?,13-,14?,15-,16?,17?,18-,19+/m1/s1. The number of hydrogen-bond acceptors (Lipinski definition) is 10. The number of rotatable bonds is 12. The molecule has 0 aromatic carbocycles. The molecule has 10 nitrogen and oxygen atoms in total. The van der Waals surface area contributed by atoms with Crippen LogP contribution in [0.5, 0.6) is 0 Å². The van der Waals surface area contributed by atoms with Crippen molar-refractivity contribution in [2.24, 2.45) is 0 Å². The van der Waals surface area contributed by atoms with Crippen LogP contribution in [0.1, 0.15) is 6.42 Å². The van der Waals surface area contributed by atoms with Crippen molar-refractivity contribution in [3.63, 3.8) is 0 Å². The molecule has 4 unspecified atom stereocenters. The molecular weight excluding hydrogens is 388 g/mol. The van der Waals surface area contributed by atoms with Crippen LogP contribution in [0.4, 0.5) is 0 Å². The maximum absolute atomic E-state index is 6.37. The third-order valence-electron chi connectivity index (χ3n) is 5.36. The molecule has 0 radical (unpaired) electrons. The van der Waals surface area contributed by atoms with Gasteiger partial charge in [0.1, 0.15) is 37.1 Å². The van der Waals surface area contributed by atoms with Crippen molar-refractivity contribution >= 4 is 0 Å². The van der Waals surface area contributed by atoms with Crippen LogP contribution < -0.4 is 0 Å². The molecule has 2 fully saturated rings. The SMILES string of the molecule is COCC1O[C@H](O[C@]2(COC)CC(OC)[C@@H](COC)O2)C(OC)C(OC)[C@@H]1OC. The zero-order chi connectivity index (χ0) is 21.4.